The quantitative estimate of drug-likeness (QED) is 0.789. The normalized spacial score (nSPS) is 15.2. The summed E-state index contributed by atoms with van der Waals surface area (Å²) in [5.41, 5.74) is 1.47. The molecule has 3 nitrogen and oxygen atoms in total. The van der Waals surface area contributed by atoms with Crippen LogP contribution >= 0.6 is 11.6 Å². The topological polar surface area (TPSA) is 40.5 Å². The van der Waals surface area contributed by atoms with Crippen molar-refractivity contribution in [1.82, 2.24) is 0 Å². The summed E-state index contributed by atoms with van der Waals surface area (Å²) in [6.45, 7) is 0.508. The van der Waals surface area contributed by atoms with E-state index in [1.54, 1.807) is 17.0 Å². The van der Waals surface area contributed by atoms with Crippen molar-refractivity contribution in [3.05, 3.63) is 28.8 Å². The van der Waals surface area contributed by atoms with Gasteiger partial charge in [-0.1, -0.05) is 23.4 Å². The standard InChI is InChI=1S/C14H14ClNO2/c15-12-6-7-13(11(10-12)4-3-9-17)16-8-2-1-5-14(16)18/h6-7,10,17H,1-2,5,8-9H2. The second-order valence-corrected chi connectivity index (χ2v) is 4.56. The predicted octanol–water partition coefficient (Wildman–Crippen LogP) is 2.20. The molecule has 0 aromatic heterocycles. The van der Waals surface area contributed by atoms with Crippen LogP contribution in [0.15, 0.2) is 18.2 Å². The third-order valence-corrected chi connectivity index (χ3v) is 3.11. The molecule has 0 aliphatic carbocycles. The lowest BCUT2D eigenvalue weighted by molar-refractivity contribution is -0.119. The molecule has 0 bridgehead atoms. The molecule has 0 unspecified atom stereocenters. The Kier molecular flexibility index (Phi) is 4.24. The zero-order valence-electron chi connectivity index (χ0n) is 9.95. The van der Waals surface area contributed by atoms with Gasteiger partial charge in [0, 0.05) is 23.6 Å². The number of hydrogen-bond acceptors (Lipinski definition) is 2. The third kappa shape index (κ3) is 2.84. The smallest absolute Gasteiger partial charge is 0.227 e. The van der Waals surface area contributed by atoms with E-state index in [1.807, 2.05) is 6.07 Å². The Morgan fingerprint density at radius 3 is 2.94 bits per heavy atom. The Morgan fingerprint density at radius 1 is 1.39 bits per heavy atom. The second kappa shape index (κ2) is 5.90. The Hall–Kier alpha value is -1.50. The molecule has 18 heavy (non-hydrogen) atoms. The van der Waals surface area contributed by atoms with E-state index < -0.39 is 0 Å². The minimum Gasteiger partial charge on any atom is -0.384 e. The van der Waals surface area contributed by atoms with Gasteiger partial charge in [-0.25, -0.2) is 0 Å². The number of piperidine rings is 1. The minimum absolute atomic E-state index is 0.121. The van der Waals surface area contributed by atoms with E-state index >= 15 is 0 Å². The van der Waals surface area contributed by atoms with Crippen molar-refractivity contribution in [3.8, 4) is 11.8 Å². The van der Waals surface area contributed by atoms with E-state index in [1.165, 1.54) is 0 Å². The summed E-state index contributed by atoms with van der Waals surface area (Å²) >= 11 is 5.94. The number of amides is 1. The summed E-state index contributed by atoms with van der Waals surface area (Å²) in [5, 5.41) is 9.34. The largest absolute Gasteiger partial charge is 0.384 e. The van der Waals surface area contributed by atoms with Crippen LogP contribution in [0, 0.1) is 11.8 Å². The van der Waals surface area contributed by atoms with Gasteiger partial charge in [0.1, 0.15) is 6.61 Å². The van der Waals surface area contributed by atoms with E-state index in [-0.39, 0.29) is 12.5 Å². The van der Waals surface area contributed by atoms with E-state index in [4.69, 9.17) is 16.7 Å². The van der Waals surface area contributed by atoms with Gasteiger partial charge < -0.3 is 10.0 Å². The Morgan fingerprint density at radius 2 is 2.22 bits per heavy atom. The summed E-state index contributed by atoms with van der Waals surface area (Å²) in [6, 6.07) is 5.29. The van der Waals surface area contributed by atoms with Crippen molar-refractivity contribution in [1.29, 1.82) is 0 Å². The molecule has 1 N–H and O–H groups in total. The maximum Gasteiger partial charge on any atom is 0.227 e. The fraction of sp³-hybridized carbons (Fsp3) is 0.357. The van der Waals surface area contributed by atoms with E-state index in [9.17, 15) is 4.79 Å². The highest BCUT2D eigenvalue weighted by Crippen LogP contribution is 2.27. The number of benzene rings is 1. The molecule has 1 aliphatic heterocycles. The molecule has 1 saturated heterocycles. The van der Waals surface area contributed by atoms with Gasteiger partial charge in [0.25, 0.3) is 0 Å². The molecule has 1 amide bonds. The molecule has 2 rings (SSSR count). The maximum atomic E-state index is 11.9. The van der Waals surface area contributed by atoms with Gasteiger partial charge in [0.05, 0.1) is 5.69 Å². The molecule has 4 heteroatoms. The molecule has 1 aliphatic rings. The number of hydrogen-bond donors (Lipinski definition) is 1. The lowest BCUT2D eigenvalue weighted by Crippen LogP contribution is -2.35. The van der Waals surface area contributed by atoms with Gasteiger partial charge in [-0.3, -0.25) is 4.79 Å². The van der Waals surface area contributed by atoms with Crippen LogP contribution in [-0.2, 0) is 4.79 Å². The second-order valence-electron chi connectivity index (χ2n) is 4.12. The van der Waals surface area contributed by atoms with Gasteiger partial charge in [0.2, 0.25) is 5.91 Å². The monoisotopic (exact) mass is 263 g/mol. The van der Waals surface area contributed by atoms with Gasteiger partial charge in [0.15, 0.2) is 0 Å². The van der Waals surface area contributed by atoms with Crippen molar-refractivity contribution in [2.75, 3.05) is 18.1 Å². The minimum atomic E-state index is -0.208. The van der Waals surface area contributed by atoms with E-state index in [2.05, 4.69) is 11.8 Å². The Labute approximate surface area is 111 Å². The first-order valence-corrected chi connectivity index (χ1v) is 6.30. The van der Waals surface area contributed by atoms with Crippen molar-refractivity contribution in [2.45, 2.75) is 19.3 Å². The Balaban J connectivity index is 2.39. The SMILES string of the molecule is O=C1CCCCN1c1ccc(Cl)cc1C#CCO. The van der Waals surface area contributed by atoms with Crippen LogP contribution in [-0.4, -0.2) is 24.2 Å². The molecule has 1 heterocycles. The van der Waals surface area contributed by atoms with Crippen molar-refractivity contribution in [2.24, 2.45) is 0 Å². The number of carbonyl (C=O) groups excluding carboxylic acids is 1. The lowest BCUT2D eigenvalue weighted by Gasteiger charge is -2.27. The zero-order valence-corrected chi connectivity index (χ0v) is 10.7. The predicted molar refractivity (Wildman–Crippen MR) is 71.6 cm³/mol. The molecule has 1 fully saturated rings. The lowest BCUT2D eigenvalue weighted by atomic mass is 10.1. The van der Waals surface area contributed by atoms with Crippen LogP contribution in [0.25, 0.3) is 0 Å². The van der Waals surface area contributed by atoms with E-state index in [0.29, 0.717) is 23.6 Å². The van der Waals surface area contributed by atoms with Gasteiger partial charge in [-0.05, 0) is 31.0 Å². The number of aliphatic hydroxyl groups is 1. The fourth-order valence-corrected chi connectivity index (χ4v) is 2.21. The van der Waals surface area contributed by atoms with Crippen LogP contribution in [0.2, 0.25) is 5.02 Å². The first-order valence-electron chi connectivity index (χ1n) is 5.92. The Bertz CT molecular complexity index is 516. The molecule has 0 atom stereocenters. The average molecular weight is 264 g/mol. The van der Waals surface area contributed by atoms with Crippen LogP contribution in [0.5, 0.6) is 0 Å². The van der Waals surface area contributed by atoms with Gasteiger partial charge in [-0.15, -0.1) is 0 Å². The van der Waals surface area contributed by atoms with E-state index in [0.717, 1.165) is 18.5 Å². The third-order valence-electron chi connectivity index (χ3n) is 2.87. The highest BCUT2D eigenvalue weighted by atomic mass is 35.5. The highest BCUT2D eigenvalue weighted by molar-refractivity contribution is 6.30. The summed E-state index contributed by atoms with van der Waals surface area (Å²) in [6.07, 6.45) is 2.53. The number of carbonyl (C=O) groups is 1. The highest BCUT2D eigenvalue weighted by Gasteiger charge is 2.21. The van der Waals surface area contributed by atoms with Crippen molar-refractivity contribution in [3.63, 3.8) is 0 Å². The first-order chi connectivity index (χ1) is 8.72. The molecule has 1 aromatic carbocycles. The van der Waals surface area contributed by atoms with Crippen LogP contribution in [0.3, 0.4) is 0 Å². The van der Waals surface area contributed by atoms with Crippen LogP contribution in [0.4, 0.5) is 5.69 Å². The number of nitrogens with zero attached hydrogens (tertiary/aromatic N) is 1. The van der Waals surface area contributed by atoms with Crippen molar-refractivity contribution >= 4 is 23.2 Å². The summed E-state index contributed by atoms with van der Waals surface area (Å²) in [4.78, 5) is 13.7. The van der Waals surface area contributed by atoms with Crippen molar-refractivity contribution < 1.29 is 9.90 Å². The number of halogens is 1. The maximum absolute atomic E-state index is 11.9. The first kappa shape index (κ1) is 12.9. The molecule has 1 aromatic rings. The summed E-state index contributed by atoms with van der Waals surface area (Å²) in [7, 11) is 0. The number of aliphatic hydroxyl groups excluding tert-OH is 1. The summed E-state index contributed by atoms with van der Waals surface area (Å²) < 4.78 is 0. The molecule has 0 radical (unpaired) electrons. The molecule has 0 saturated carbocycles. The summed E-state index contributed by atoms with van der Waals surface area (Å²) in [5.74, 6) is 5.56. The van der Waals surface area contributed by atoms with Crippen LogP contribution in [0.1, 0.15) is 24.8 Å². The molecular formula is C14H14ClNO2. The fourth-order valence-electron chi connectivity index (χ4n) is 2.04. The zero-order chi connectivity index (χ0) is 13.0. The number of anilines is 1. The van der Waals surface area contributed by atoms with Gasteiger partial charge in [-0.2, -0.15) is 0 Å². The average Bonchev–Trinajstić information content (AvgIpc) is 2.37. The molecular weight excluding hydrogens is 250 g/mol. The van der Waals surface area contributed by atoms with Gasteiger partial charge >= 0.3 is 0 Å². The van der Waals surface area contributed by atoms with Crippen LogP contribution < -0.4 is 4.90 Å². The number of rotatable bonds is 1. The molecule has 94 valence electrons. The molecule has 0 spiro atoms.